The molecule has 11 nitrogen and oxygen atoms in total. The van der Waals surface area contributed by atoms with Gasteiger partial charge in [-0.1, -0.05) is 12.8 Å². The van der Waals surface area contributed by atoms with Gasteiger partial charge in [0.1, 0.15) is 17.2 Å². The van der Waals surface area contributed by atoms with Crippen LogP contribution in [-0.2, 0) is 0 Å². The summed E-state index contributed by atoms with van der Waals surface area (Å²) in [6.45, 7) is 1.49. The fourth-order valence-corrected chi connectivity index (χ4v) is 5.24. The monoisotopic (exact) mass is 522 g/mol. The quantitative estimate of drug-likeness (QED) is 0.446. The van der Waals surface area contributed by atoms with Crippen molar-refractivity contribution >= 4 is 34.7 Å². The Morgan fingerprint density at radius 2 is 1.71 bits per heavy atom. The summed E-state index contributed by atoms with van der Waals surface area (Å²) in [4.78, 5) is 42.2. The Hall–Kier alpha value is -3.57. The molecule has 204 valence electrons. The van der Waals surface area contributed by atoms with Crippen molar-refractivity contribution in [1.29, 1.82) is 0 Å². The van der Waals surface area contributed by atoms with Crippen LogP contribution >= 0.6 is 0 Å². The molecule has 0 atom stereocenters. The molecular formula is C27H38N8O3. The summed E-state index contributed by atoms with van der Waals surface area (Å²) in [5.74, 6) is -0.111. The van der Waals surface area contributed by atoms with Gasteiger partial charge in [0.2, 0.25) is 5.95 Å². The lowest BCUT2D eigenvalue weighted by atomic mass is 10.0. The van der Waals surface area contributed by atoms with Gasteiger partial charge in [0.05, 0.1) is 5.56 Å². The number of anilines is 2. The summed E-state index contributed by atoms with van der Waals surface area (Å²) in [7, 11) is 7.91. The number of pyridine rings is 1. The standard InChI is InChI=1S/C25H31N7O3.C2H7N/c1-30(2)18-9-11-31(12-10-18)23(33)16-7-8-21(26-14-16)28-25-27-15-17-13-20(24(34)35)32(22(17)29-25)19-5-3-4-6-19;1-3-2/h7-8,13-15,18-19H,3-6,9-12H2,1-2H3,(H,34,35)(H,26,27,28,29);3H,1-2H3. The van der Waals surface area contributed by atoms with Crippen LogP contribution in [0.1, 0.15) is 65.4 Å². The molecule has 38 heavy (non-hydrogen) atoms. The molecule has 0 bridgehead atoms. The highest BCUT2D eigenvalue weighted by Gasteiger charge is 2.26. The fourth-order valence-electron chi connectivity index (χ4n) is 5.24. The molecule has 3 N–H and O–H groups in total. The van der Waals surface area contributed by atoms with E-state index in [-0.39, 0.29) is 17.6 Å². The molecule has 2 fully saturated rings. The predicted molar refractivity (Wildman–Crippen MR) is 147 cm³/mol. The first kappa shape index (κ1) is 27.5. The third-order valence-corrected chi connectivity index (χ3v) is 7.22. The number of fused-ring (bicyclic) bond motifs is 1. The van der Waals surface area contributed by atoms with Crippen molar-refractivity contribution < 1.29 is 14.7 Å². The van der Waals surface area contributed by atoms with E-state index in [1.54, 1.807) is 30.6 Å². The fraction of sp³-hybridized carbons (Fsp3) is 0.519. The number of aromatic nitrogens is 4. The molecule has 0 spiro atoms. The van der Waals surface area contributed by atoms with E-state index >= 15 is 0 Å². The van der Waals surface area contributed by atoms with Crippen LogP contribution in [0.25, 0.3) is 11.0 Å². The van der Waals surface area contributed by atoms with E-state index < -0.39 is 5.97 Å². The smallest absolute Gasteiger partial charge is 0.352 e. The number of piperidine rings is 1. The largest absolute Gasteiger partial charge is 0.477 e. The van der Waals surface area contributed by atoms with E-state index in [0.717, 1.165) is 51.6 Å². The van der Waals surface area contributed by atoms with Crippen molar-refractivity contribution in [2.45, 2.75) is 50.6 Å². The number of nitrogens with zero attached hydrogens (tertiary/aromatic N) is 6. The third kappa shape index (κ3) is 6.11. The van der Waals surface area contributed by atoms with Gasteiger partial charge in [0.25, 0.3) is 5.91 Å². The van der Waals surface area contributed by atoms with Crippen LogP contribution in [0.15, 0.2) is 30.6 Å². The summed E-state index contributed by atoms with van der Waals surface area (Å²) in [5, 5.41) is 16.2. The number of carbonyl (C=O) groups is 2. The van der Waals surface area contributed by atoms with Crippen LogP contribution in [-0.4, -0.2) is 93.6 Å². The molecule has 1 aliphatic heterocycles. The molecule has 5 rings (SSSR count). The molecule has 0 aromatic carbocycles. The number of nitrogens with one attached hydrogen (secondary N) is 2. The molecule has 0 unspecified atom stereocenters. The first-order chi connectivity index (χ1) is 18.3. The number of carbonyl (C=O) groups excluding carboxylic acids is 1. The number of aromatic carboxylic acids is 1. The number of hydrogen-bond donors (Lipinski definition) is 3. The van der Waals surface area contributed by atoms with Gasteiger partial charge >= 0.3 is 5.97 Å². The van der Waals surface area contributed by atoms with Crippen LogP contribution in [0.5, 0.6) is 0 Å². The summed E-state index contributed by atoms with van der Waals surface area (Å²) < 4.78 is 1.84. The van der Waals surface area contributed by atoms with Crippen molar-refractivity contribution in [1.82, 2.24) is 34.6 Å². The molecule has 4 heterocycles. The molecular weight excluding hydrogens is 484 g/mol. The normalized spacial score (nSPS) is 16.5. The number of hydrogen-bond acceptors (Lipinski definition) is 8. The minimum Gasteiger partial charge on any atom is -0.477 e. The Bertz CT molecular complexity index is 1240. The lowest BCUT2D eigenvalue weighted by Crippen LogP contribution is -2.44. The zero-order valence-corrected chi connectivity index (χ0v) is 22.6. The highest BCUT2D eigenvalue weighted by atomic mass is 16.4. The Labute approximate surface area is 223 Å². The van der Waals surface area contributed by atoms with Gasteiger partial charge in [-0.3, -0.25) is 4.79 Å². The summed E-state index contributed by atoms with van der Waals surface area (Å²) in [6, 6.07) is 5.79. The van der Waals surface area contributed by atoms with Gasteiger partial charge in [-0.15, -0.1) is 0 Å². The van der Waals surface area contributed by atoms with Gasteiger partial charge in [-0.05, 0) is 72.1 Å². The second-order valence-corrected chi connectivity index (χ2v) is 10.2. The topological polar surface area (TPSA) is 129 Å². The van der Waals surface area contributed by atoms with Crippen molar-refractivity contribution in [3.8, 4) is 0 Å². The Morgan fingerprint density at radius 1 is 1.03 bits per heavy atom. The SMILES string of the molecule is CN(C)C1CCN(C(=O)c2ccc(Nc3ncc4cc(C(=O)O)n(C5CCCC5)c4n3)nc2)CC1.CNC. The van der Waals surface area contributed by atoms with Gasteiger partial charge in [-0.25, -0.2) is 14.8 Å². The number of likely N-dealkylation sites (tertiary alicyclic amines) is 1. The highest BCUT2D eigenvalue weighted by molar-refractivity contribution is 5.94. The molecule has 1 saturated heterocycles. The molecule has 3 aromatic heterocycles. The van der Waals surface area contributed by atoms with Crippen molar-refractivity contribution in [2.75, 3.05) is 46.6 Å². The number of amides is 1. The highest BCUT2D eigenvalue weighted by Crippen LogP contribution is 2.34. The van der Waals surface area contributed by atoms with E-state index in [4.69, 9.17) is 0 Å². The molecule has 1 saturated carbocycles. The zero-order valence-electron chi connectivity index (χ0n) is 22.6. The van der Waals surface area contributed by atoms with E-state index in [1.807, 2.05) is 23.6 Å². The third-order valence-electron chi connectivity index (χ3n) is 7.22. The van der Waals surface area contributed by atoms with Gasteiger partial charge in [0.15, 0.2) is 0 Å². The first-order valence-electron chi connectivity index (χ1n) is 13.2. The molecule has 11 heteroatoms. The predicted octanol–water partition coefficient (Wildman–Crippen LogP) is 3.39. The lowest BCUT2D eigenvalue weighted by molar-refractivity contribution is 0.0660. The maximum Gasteiger partial charge on any atom is 0.352 e. The van der Waals surface area contributed by atoms with E-state index in [0.29, 0.717) is 34.4 Å². The maximum atomic E-state index is 12.9. The first-order valence-corrected chi connectivity index (χ1v) is 13.2. The number of carboxylic acid groups (broad SMARTS) is 1. The maximum absolute atomic E-state index is 12.9. The second-order valence-electron chi connectivity index (χ2n) is 10.2. The molecule has 1 aliphatic carbocycles. The van der Waals surface area contributed by atoms with Crippen LogP contribution in [0.4, 0.5) is 11.8 Å². The second kappa shape index (κ2) is 12.3. The summed E-state index contributed by atoms with van der Waals surface area (Å²) >= 11 is 0. The van der Waals surface area contributed by atoms with Gasteiger partial charge in [0, 0.05) is 43.0 Å². The summed E-state index contributed by atoms with van der Waals surface area (Å²) in [6.07, 6.45) is 9.21. The lowest BCUT2D eigenvalue weighted by Gasteiger charge is -2.35. The Balaban J connectivity index is 0.00000107. The minimum atomic E-state index is -0.961. The van der Waals surface area contributed by atoms with Crippen LogP contribution in [0.3, 0.4) is 0 Å². The summed E-state index contributed by atoms with van der Waals surface area (Å²) in [5.41, 5.74) is 1.41. The van der Waals surface area contributed by atoms with Crippen molar-refractivity contribution in [3.05, 3.63) is 41.9 Å². The molecule has 0 radical (unpaired) electrons. The van der Waals surface area contributed by atoms with Gasteiger partial charge in [-0.2, -0.15) is 4.98 Å². The average Bonchev–Trinajstić information content (AvgIpc) is 3.57. The molecule has 2 aliphatic rings. The molecule has 3 aromatic rings. The zero-order chi connectivity index (χ0) is 27.2. The van der Waals surface area contributed by atoms with Gasteiger partial charge < -0.3 is 30.1 Å². The van der Waals surface area contributed by atoms with Crippen molar-refractivity contribution in [2.24, 2.45) is 0 Å². The average molecular weight is 523 g/mol. The van der Waals surface area contributed by atoms with Crippen LogP contribution < -0.4 is 10.6 Å². The van der Waals surface area contributed by atoms with E-state index in [9.17, 15) is 14.7 Å². The van der Waals surface area contributed by atoms with Crippen molar-refractivity contribution in [3.63, 3.8) is 0 Å². The van der Waals surface area contributed by atoms with Crippen LogP contribution in [0.2, 0.25) is 0 Å². The minimum absolute atomic E-state index is 0.00508. The Morgan fingerprint density at radius 3 is 2.29 bits per heavy atom. The van der Waals surface area contributed by atoms with E-state index in [2.05, 4.69) is 44.6 Å². The number of carboxylic acids is 1. The van der Waals surface area contributed by atoms with E-state index in [1.165, 1.54) is 0 Å². The Kier molecular flexibility index (Phi) is 8.90. The number of rotatable bonds is 6. The molecule has 1 amide bonds. The van der Waals surface area contributed by atoms with Crippen LogP contribution in [0, 0.1) is 0 Å².